The number of aromatic nitrogens is 3. The molecule has 0 saturated carbocycles. The average molecular weight is 514 g/mol. The molecule has 0 saturated heterocycles. The van der Waals surface area contributed by atoms with Gasteiger partial charge in [0, 0.05) is 11.6 Å². The summed E-state index contributed by atoms with van der Waals surface area (Å²) in [5.74, 6) is 0.249. The number of pyridine rings is 1. The van der Waals surface area contributed by atoms with Gasteiger partial charge in [-0.05, 0) is 18.6 Å². The van der Waals surface area contributed by atoms with Gasteiger partial charge in [-0.1, -0.05) is 6.07 Å². The first-order valence-electron chi connectivity index (χ1n) is 9.10. The van der Waals surface area contributed by atoms with Gasteiger partial charge in [0.2, 0.25) is 6.10 Å². The molecule has 3 aromatic rings. The van der Waals surface area contributed by atoms with E-state index in [4.69, 9.17) is 0 Å². The van der Waals surface area contributed by atoms with Crippen LogP contribution in [0.3, 0.4) is 0 Å². The van der Waals surface area contributed by atoms with Crippen LogP contribution in [-0.2, 0) is 18.0 Å². The molecule has 3 heterocycles. The molecule has 0 aliphatic rings. The fraction of sp³-hybridized carbons (Fsp3) is 0.389. The van der Waals surface area contributed by atoms with Crippen LogP contribution in [0.15, 0.2) is 23.7 Å². The van der Waals surface area contributed by atoms with E-state index < -0.39 is 31.2 Å². The molecule has 0 spiro atoms. The number of rotatable bonds is 8. The Kier molecular flexibility index (Phi) is 7.58. The molecule has 0 bridgehead atoms. The first-order valence-corrected chi connectivity index (χ1v) is 10.8. The molecule has 0 radical (unpaired) electrons. The number of halogens is 6. The number of aliphatic hydroxyl groups is 2. The Morgan fingerprint density at radius 3 is 2.36 bits per heavy atom. The van der Waals surface area contributed by atoms with Crippen molar-refractivity contribution in [3.05, 3.63) is 40.0 Å². The molecule has 7 nitrogen and oxygen atoms in total. The molecule has 0 aromatic carbocycles. The molecule has 3 rings (SSSR count). The first-order chi connectivity index (χ1) is 15.4. The Balaban J connectivity index is 1.66. The summed E-state index contributed by atoms with van der Waals surface area (Å²) in [5, 5.41) is 24.6. The van der Waals surface area contributed by atoms with Crippen LogP contribution in [0.4, 0.5) is 37.3 Å². The van der Waals surface area contributed by atoms with Crippen LogP contribution in [0.2, 0.25) is 0 Å². The van der Waals surface area contributed by atoms with E-state index in [-0.39, 0.29) is 18.0 Å². The van der Waals surface area contributed by atoms with Gasteiger partial charge in [0.05, 0.1) is 29.5 Å². The van der Waals surface area contributed by atoms with Gasteiger partial charge >= 0.3 is 12.4 Å². The van der Waals surface area contributed by atoms with Crippen LogP contribution in [0.1, 0.15) is 29.3 Å². The fourth-order valence-corrected chi connectivity index (χ4v) is 4.29. The van der Waals surface area contributed by atoms with Crippen molar-refractivity contribution in [1.29, 1.82) is 0 Å². The summed E-state index contributed by atoms with van der Waals surface area (Å²) in [6, 6.07) is 2.63. The Hall–Kier alpha value is -2.33. The number of alkyl halides is 6. The van der Waals surface area contributed by atoms with Crippen molar-refractivity contribution < 1.29 is 41.3 Å². The van der Waals surface area contributed by atoms with Gasteiger partial charge in [-0.3, -0.25) is 0 Å². The molecule has 15 heteroatoms. The number of hydrogen-bond donors (Lipinski definition) is 3. The van der Waals surface area contributed by atoms with Crippen molar-refractivity contribution in [3.63, 3.8) is 0 Å². The smallest absolute Gasteiger partial charge is 0.390 e. The van der Waals surface area contributed by atoms with E-state index >= 15 is 0 Å². The SMILES string of the molecule is CC(O)c1nc(CO)c(-c2csc(Nc3ccc(COC(C(F)(F)F)C(F)(F)F)cn3)n2)s1. The molecule has 180 valence electrons. The largest absolute Gasteiger partial charge is 0.423 e. The van der Waals surface area contributed by atoms with Crippen LogP contribution >= 0.6 is 22.7 Å². The predicted molar refractivity (Wildman–Crippen MR) is 108 cm³/mol. The van der Waals surface area contributed by atoms with Crippen LogP contribution in [-0.4, -0.2) is 43.6 Å². The second-order valence-corrected chi connectivity index (χ2v) is 8.54. The average Bonchev–Trinajstić information content (AvgIpc) is 3.34. The van der Waals surface area contributed by atoms with Crippen molar-refractivity contribution >= 4 is 33.6 Å². The third-order valence-corrected chi connectivity index (χ3v) is 6.08. The molecular formula is C18H16F6N4O3S2. The molecule has 33 heavy (non-hydrogen) atoms. The van der Waals surface area contributed by atoms with E-state index in [9.17, 15) is 36.6 Å². The Morgan fingerprint density at radius 1 is 1.12 bits per heavy atom. The van der Waals surface area contributed by atoms with E-state index in [1.165, 1.54) is 34.8 Å². The molecule has 0 aliphatic heterocycles. The van der Waals surface area contributed by atoms with E-state index in [2.05, 4.69) is 25.0 Å². The third-order valence-electron chi connectivity index (χ3n) is 4.03. The van der Waals surface area contributed by atoms with Crippen LogP contribution < -0.4 is 5.32 Å². The summed E-state index contributed by atoms with van der Waals surface area (Å²) in [7, 11) is 0. The second-order valence-electron chi connectivity index (χ2n) is 6.65. The van der Waals surface area contributed by atoms with E-state index in [0.29, 0.717) is 26.4 Å². The fourth-order valence-electron chi connectivity index (χ4n) is 2.54. The number of nitrogens with zero attached hydrogens (tertiary/aromatic N) is 3. The molecule has 0 fully saturated rings. The van der Waals surface area contributed by atoms with Crippen LogP contribution in [0.25, 0.3) is 10.6 Å². The quantitative estimate of drug-likeness (QED) is 0.366. The molecule has 3 N–H and O–H groups in total. The number of aliphatic hydroxyl groups excluding tert-OH is 2. The molecule has 0 aliphatic carbocycles. The van der Waals surface area contributed by atoms with Crippen molar-refractivity contribution in [2.75, 3.05) is 5.32 Å². The van der Waals surface area contributed by atoms with Crippen molar-refractivity contribution in [1.82, 2.24) is 15.0 Å². The zero-order chi connectivity index (χ0) is 24.4. The van der Waals surface area contributed by atoms with Crippen LogP contribution in [0.5, 0.6) is 0 Å². The second kappa shape index (κ2) is 9.89. The highest BCUT2D eigenvalue weighted by Crippen LogP contribution is 2.37. The maximum Gasteiger partial charge on any atom is 0.423 e. The lowest BCUT2D eigenvalue weighted by Gasteiger charge is -2.23. The Morgan fingerprint density at radius 2 is 1.82 bits per heavy atom. The molecule has 0 amide bonds. The highest BCUT2D eigenvalue weighted by Gasteiger charge is 2.57. The lowest BCUT2D eigenvalue weighted by molar-refractivity contribution is -0.324. The highest BCUT2D eigenvalue weighted by atomic mass is 32.1. The van der Waals surface area contributed by atoms with Gasteiger partial charge in [-0.2, -0.15) is 26.3 Å². The maximum absolute atomic E-state index is 12.5. The highest BCUT2D eigenvalue weighted by molar-refractivity contribution is 7.17. The topological polar surface area (TPSA) is 100 Å². The molecular weight excluding hydrogens is 498 g/mol. The lowest BCUT2D eigenvalue weighted by Crippen LogP contribution is -2.44. The Labute approximate surface area is 190 Å². The number of ether oxygens (including phenoxy) is 1. The minimum atomic E-state index is -5.58. The normalized spacial score (nSPS) is 13.5. The molecule has 1 unspecified atom stereocenters. The van der Waals surface area contributed by atoms with Crippen molar-refractivity contribution in [2.45, 2.75) is 44.7 Å². The predicted octanol–water partition coefficient (Wildman–Crippen LogP) is 4.96. The number of thiazole rings is 2. The van der Waals surface area contributed by atoms with Crippen LogP contribution in [0, 0.1) is 0 Å². The van der Waals surface area contributed by atoms with Gasteiger partial charge in [0.15, 0.2) is 5.13 Å². The Bertz CT molecular complexity index is 1050. The zero-order valence-corrected chi connectivity index (χ0v) is 18.2. The maximum atomic E-state index is 12.5. The third kappa shape index (κ3) is 6.38. The van der Waals surface area contributed by atoms with Gasteiger partial charge in [-0.15, -0.1) is 22.7 Å². The summed E-state index contributed by atoms with van der Waals surface area (Å²) in [4.78, 5) is 13.1. The summed E-state index contributed by atoms with van der Waals surface area (Å²) in [5.41, 5.74) is 0.888. The first kappa shape index (κ1) is 25.3. The van der Waals surface area contributed by atoms with Gasteiger partial charge in [0.25, 0.3) is 0 Å². The number of anilines is 2. The minimum absolute atomic E-state index is 0.0155. The minimum Gasteiger partial charge on any atom is -0.390 e. The van der Waals surface area contributed by atoms with E-state index in [0.717, 1.165) is 6.20 Å². The molecule has 3 aromatic heterocycles. The monoisotopic (exact) mass is 514 g/mol. The van der Waals surface area contributed by atoms with Crippen molar-refractivity contribution in [2.24, 2.45) is 0 Å². The summed E-state index contributed by atoms with van der Waals surface area (Å²) >= 11 is 2.38. The van der Waals surface area contributed by atoms with E-state index in [1.807, 2.05) is 0 Å². The number of hydrogen-bond acceptors (Lipinski definition) is 9. The van der Waals surface area contributed by atoms with Crippen molar-refractivity contribution in [3.8, 4) is 10.6 Å². The van der Waals surface area contributed by atoms with Gasteiger partial charge in [-0.25, -0.2) is 15.0 Å². The lowest BCUT2D eigenvalue weighted by atomic mass is 10.3. The van der Waals surface area contributed by atoms with E-state index in [1.54, 1.807) is 12.3 Å². The van der Waals surface area contributed by atoms with Gasteiger partial charge in [0.1, 0.15) is 16.9 Å². The zero-order valence-electron chi connectivity index (χ0n) is 16.6. The van der Waals surface area contributed by atoms with Gasteiger partial charge < -0.3 is 20.3 Å². The summed E-state index contributed by atoms with van der Waals surface area (Å²) < 4.78 is 79.2. The number of nitrogens with one attached hydrogen (secondary N) is 1. The summed E-state index contributed by atoms with van der Waals surface area (Å²) in [6.45, 7) is 0.275. The summed E-state index contributed by atoms with van der Waals surface area (Å²) in [6.07, 6.45) is -14.8. The molecule has 1 atom stereocenters. The standard InChI is InChI=1S/C18H16F6N4O3S2/c1-8(30)14-26-10(5-29)13(33-14)11-7-32-16(27-11)28-12-3-2-9(4-25-12)6-31-15(17(19,20)21)18(22,23)24/h2-4,7-8,15,29-30H,5-6H2,1H3,(H,25,27,28).